The molecule has 0 spiro atoms. The molecule has 0 aliphatic heterocycles. The van der Waals surface area contributed by atoms with Crippen LogP contribution in [0.15, 0.2) is 77.7 Å². The summed E-state index contributed by atoms with van der Waals surface area (Å²) in [6.45, 7) is 18.3. The number of aryl methyl sites for hydroxylation is 1. The van der Waals surface area contributed by atoms with E-state index in [4.69, 9.17) is 14.2 Å². The first-order valence-electron chi connectivity index (χ1n) is 11.8. The molecular formula is C28H36N6O3. The monoisotopic (exact) mass is 504 g/mol. The summed E-state index contributed by atoms with van der Waals surface area (Å²) >= 11 is 0. The van der Waals surface area contributed by atoms with Crippen molar-refractivity contribution in [1.29, 1.82) is 0 Å². The van der Waals surface area contributed by atoms with Gasteiger partial charge in [0.1, 0.15) is 12.4 Å². The smallest absolute Gasteiger partial charge is 0.224 e. The standard InChI is InChI=1S/C26H30N6O3.C2H6/c1-18(2)32(27-4)16-20-8-10-21(11-9-20)19(3)30-26(34-7)23-15-29-31(5)24(23)17-35-22-12-13-25(33-6)28-14-22;1-2/h8-15H,1,3-4,16-17H2,2,5-7H3;1-2H3. The molecule has 0 atom stereocenters. The molecule has 3 aromatic rings. The van der Waals surface area contributed by atoms with Gasteiger partial charge in [0.25, 0.3) is 0 Å². The number of hydrogen-bond acceptors (Lipinski definition) is 8. The summed E-state index contributed by atoms with van der Waals surface area (Å²) in [6, 6.07) is 11.4. The Hall–Kier alpha value is -4.40. The largest absolute Gasteiger partial charge is 0.486 e. The van der Waals surface area contributed by atoms with Crippen LogP contribution in [0.25, 0.3) is 5.70 Å². The number of hydrogen-bond donors (Lipinski definition) is 0. The molecule has 196 valence electrons. The Kier molecular flexibility index (Phi) is 11.1. The molecule has 0 bridgehead atoms. The number of pyridine rings is 1. The van der Waals surface area contributed by atoms with Crippen molar-refractivity contribution < 1.29 is 14.2 Å². The third-order valence-corrected chi connectivity index (χ3v) is 5.25. The summed E-state index contributed by atoms with van der Waals surface area (Å²) in [5.74, 6) is 1.52. The van der Waals surface area contributed by atoms with Crippen LogP contribution in [0.2, 0.25) is 0 Å². The van der Waals surface area contributed by atoms with Crippen molar-refractivity contribution in [3.8, 4) is 11.6 Å². The fourth-order valence-electron chi connectivity index (χ4n) is 3.22. The Morgan fingerprint density at radius 1 is 1.05 bits per heavy atom. The second kappa shape index (κ2) is 14.2. The molecule has 2 heterocycles. The average molecular weight is 505 g/mol. The van der Waals surface area contributed by atoms with Crippen LogP contribution < -0.4 is 9.47 Å². The summed E-state index contributed by atoms with van der Waals surface area (Å²) in [5.41, 5.74) is 4.81. The van der Waals surface area contributed by atoms with Crippen LogP contribution in [0, 0.1) is 0 Å². The van der Waals surface area contributed by atoms with E-state index in [1.807, 2.05) is 52.1 Å². The second-order valence-electron chi connectivity index (χ2n) is 7.65. The fraction of sp³-hybridized carbons (Fsp3) is 0.286. The van der Waals surface area contributed by atoms with Crippen LogP contribution in [-0.4, -0.2) is 46.6 Å². The molecule has 0 N–H and O–H groups in total. The van der Waals surface area contributed by atoms with Crippen LogP contribution in [0.4, 0.5) is 0 Å². The molecule has 0 aliphatic carbocycles. The topological polar surface area (TPSA) is 86.4 Å². The van der Waals surface area contributed by atoms with Gasteiger partial charge in [-0.25, -0.2) is 9.98 Å². The number of benzene rings is 1. The summed E-state index contributed by atoms with van der Waals surface area (Å²) in [5, 5.41) is 10.1. The van der Waals surface area contributed by atoms with Crippen molar-refractivity contribution in [2.24, 2.45) is 17.1 Å². The molecule has 3 rings (SSSR count). The van der Waals surface area contributed by atoms with Gasteiger partial charge < -0.3 is 14.2 Å². The van der Waals surface area contributed by atoms with Gasteiger partial charge in [0.2, 0.25) is 11.8 Å². The summed E-state index contributed by atoms with van der Waals surface area (Å²) in [7, 11) is 4.96. The minimum atomic E-state index is 0.250. The lowest BCUT2D eigenvalue weighted by Gasteiger charge is -2.18. The number of allylic oxidation sites excluding steroid dienone is 1. The Bertz CT molecular complexity index is 1210. The lowest BCUT2D eigenvalue weighted by Crippen LogP contribution is -2.13. The van der Waals surface area contributed by atoms with Gasteiger partial charge in [0.05, 0.1) is 50.1 Å². The predicted octanol–water partition coefficient (Wildman–Crippen LogP) is 5.44. The zero-order valence-electron chi connectivity index (χ0n) is 22.6. The predicted molar refractivity (Wildman–Crippen MR) is 149 cm³/mol. The molecular weight excluding hydrogens is 468 g/mol. The van der Waals surface area contributed by atoms with E-state index in [9.17, 15) is 0 Å². The first-order valence-corrected chi connectivity index (χ1v) is 11.8. The Morgan fingerprint density at radius 3 is 2.30 bits per heavy atom. The van der Waals surface area contributed by atoms with Crippen LogP contribution in [0.3, 0.4) is 0 Å². The van der Waals surface area contributed by atoms with E-state index < -0.39 is 0 Å². The quantitative estimate of drug-likeness (QED) is 0.196. The van der Waals surface area contributed by atoms with Gasteiger partial charge >= 0.3 is 0 Å². The molecule has 0 radical (unpaired) electrons. The lowest BCUT2D eigenvalue weighted by molar-refractivity contribution is 0.291. The Morgan fingerprint density at radius 2 is 1.76 bits per heavy atom. The van der Waals surface area contributed by atoms with Gasteiger partial charge in [-0.05, 0) is 24.1 Å². The van der Waals surface area contributed by atoms with Crippen molar-refractivity contribution >= 4 is 18.3 Å². The van der Waals surface area contributed by atoms with Crippen molar-refractivity contribution in [2.75, 3.05) is 14.2 Å². The van der Waals surface area contributed by atoms with Gasteiger partial charge in [-0.1, -0.05) is 51.3 Å². The number of aliphatic imine (C=N–C) groups is 1. The van der Waals surface area contributed by atoms with Gasteiger partial charge in [-0.3, -0.25) is 9.69 Å². The zero-order chi connectivity index (χ0) is 27.4. The Labute approximate surface area is 219 Å². The highest BCUT2D eigenvalue weighted by molar-refractivity contribution is 5.98. The maximum Gasteiger partial charge on any atom is 0.224 e. The van der Waals surface area contributed by atoms with E-state index in [1.165, 1.54) is 0 Å². The van der Waals surface area contributed by atoms with E-state index in [0.717, 1.165) is 22.5 Å². The van der Waals surface area contributed by atoms with E-state index in [2.05, 4.69) is 40.1 Å². The molecule has 2 aromatic heterocycles. The van der Waals surface area contributed by atoms with Crippen molar-refractivity contribution in [1.82, 2.24) is 19.8 Å². The highest BCUT2D eigenvalue weighted by atomic mass is 16.5. The Balaban J connectivity index is 0.00000235. The van der Waals surface area contributed by atoms with E-state index >= 15 is 0 Å². The number of ether oxygens (including phenoxy) is 3. The molecule has 0 unspecified atom stereocenters. The minimum Gasteiger partial charge on any atom is -0.486 e. The average Bonchev–Trinajstić information content (AvgIpc) is 3.30. The first kappa shape index (κ1) is 28.8. The fourth-order valence-corrected chi connectivity index (χ4v) is 3.22. The lowest BCUT2D eigenvalue weighted by atomic mass is 10.1. The number of rotatable bonds is 11. The van der Waals surface area contributed by atoms with E-state index in [0.29, 0.717) is 35.3 Å². The number of nitrogens with zero attached hydrogens (tertiary/aromatic N) is 6. The highest BCUT2D eigenvalue weighted by Gasteiger charge is 2.17. The molecule has 0 amide bonds. The molecule has 9 heteroatoms. The molecule has 0 saturated carbocycles. The van der Waals surface area contributed by atoms with Gasteiger partial charge in [-0.15, -0.1) is 0 Å². The van der Waals surface area contributed by atoms with Gasteiger partial charge in [0.15, 0.2) is 0 Å². The van der Waals surface area contributed by atoms with Crippen LogP contribution in [0.1, 0.15) is 43.2 Å². The molecule has 0 saturated heterocycles. The van der Waals surface area contributed by atoms with E-state index in [1.54, 1.807) is 48.4 Å². The number of hydrazone groups is 1. The van der Waals surface area contributed by atoms with Gasteiger partial charge in [-0.2, -0.15) is 10.2 Å². The summed E-state index contributed by atoms with van der Waals surface area (Å²) in [6.07, 6.45) is 3.30. The zero-order valence-corrected chi connectivity index (χ0v) is 22.6. The summed E-state index contributed by atoms with van der Waals surface area (Å²) < 4.78 is 18.3. The van der Waals surface area contributed by atoms with Crippen molar-refractivity contribution in [3.63, 3.8) is 0 Å². The first-order chi connectivity index (χ1) is 17.9. The molecule has 37 heavy (non-hydrogen) atoms. The molecule has 9 nitrogen and oxygen atoms in total. The normalized spacial score (nSPS) is 10.6. The SMILES string of the molecule is C=NN(Cc1ccc(C(=C)N=C(OC)c2cnn(C)c2COc2ccc(OC)nc2)cc1)C(=C)C.CC. The molecule has 1 aromatic carbocycles. The van der Waals surface area contributed by atoms with E-state index in [-0.39, 0.29) is 6.61 Å². The number of methoxy groups -OCH3 is 2. The van der Waals surface area contributed by atoms with Crippen LogP contribution in [0.5, 0.6) is 11.6 Å². The van der Waals surface area contributed by atoms with Crippen LogP contribution in [-0.2, 0) is 24.9 Å². The highest BCUT2D eigenvalue weighted by Crippen LogP contribution is 2.21. The van der Waals surface area contributed by atoms with Crippen molar-refractivity contribution in [2.45, 2.75) is 33.9 Å². The second-order valence-corrected chi connectivity index (χ2v) is 7.65. The maximum absolute atomic E-state index is 5.89. The maximum atomic E-state index is 5.89. The third kappa shape index (κ3) is 7.79. The minimum absolute atomic E-state index is 0.250. The van der Waals surface area contributed by atoms with Gasteiger partial charge in [0, 0.05) is 25.5 Å². The summed E-state index contributed by atoms with van der Waals surface area (Å²) in [4.78, 5) is 8.79. The van der Waals surface area contributed by atoms with Crippen molar-refractivity contribution in [3.05, 3.63) is 90.0 Å². The molecule has 0 fully saturated rings. The van der Waals surface area contributed by atoms with Crippen LogP contribution >= 0.6 is 0 Å². The third-order valence-electron chi connectivity index (χ3n) is 5.25. The number of aromatic nitrogens is 3. The molecule has 0 aliphatic rings.